The van der Waals surface area contributed by atoms with Crippen LogP contribution in [0.5, 0.6) is 0 Å². The summed E-state index contributed by atoms with van der Waals surface area (Å²) in [5.41, 5.74) is -0.0342. The topological polar surface area (TPSA) is 20.2 Å². The maximum atomic E-state index is 12.7. The van der Waals surface area contributed by atoms with Crippen LogP contribution in [0.1, 0.15) is 50.7 Å². The molecule has 21 heavy (non-hydrogen) atoms. The van der Waals surface area contributed by atoms with E-state index >= 15 is 0 Å². The Kier molecular flexibility index (Phi) is 4.66. The molecule has 0 bridgehead atoms. The average molecular weight is 300 g/mol. The van der Waals surface area contributed by atoms with Crippen molar-refractivity contribution >= 4 is 0 Å². The van der Waals surface area contributed by atoms with Gasteiger partial charge in [-0.2, -0.15) is 13.2 Å². The Bertz CT molecular complexity index is 479. The molecule has 0 spiro atoms. The summed E-state index contributed by atoms with van der Waals surface area (Å²) in [5, 5.41) is 10.5. The van der Waals surface area contributed by atoms with Gasteiger partial charge in [0, 0.05) is 0 Å². The molecular formula is C17H23F3O. The van der Waals surface area contributed by atoms with Gasteiger partial charge in [-0.1, -0.05) is 44.9 Å². The Hall–Kier alpha value is -1.03. The first-order valence-corrected chi connectivity index (χ1v) is 7.54. The zero-order valence-electron chi connectivity index (χ0n) is 12.6. The predicted molar refractivity (Wildman–Crippen MR) is 76.9 cm³/mol. The molecule has 1 aliphatic rings. The lowest BCUT2D eigenvalue weighted by molar-refractivity contribution is -0.137. The lowest BCUT2D eigenvalue weighted by atomic mass is 9.66. The zero-order valence-corrected chi connectivity index (χ0v) is 12.6. The maximum absolute atomic E-state index is 12.7. The summed E-state index contributed by atoms with van der Waals surface area (Å²) in [6, 6.07) is 5.30. The normalized spacial score (nSPS) is 23.8. The summed E-state index contributed by atoms with van der Waals surface area (Å²) in [6.45, 7) is 4.29. The number of halogens is 3. The van der Waals surface area contributed by atoms with Gasteiger partial charge in [-0.25, -0.2) is 0 Å². The van der Waals surface area contributed by atoms with Gasteiger partial charge in [0.1, 0.15) is 0 Å². The SMILES string of the molecule is CC1(C)CCCCC1C(O)Cc1cccc(C(F)(F)F)c1. The molecule has 2 rings (SSSR count). The first kappa shape index (κ1) is 16.3. The van der Waals surface area contributed by atoms with E-state index in [4.69, 9.17) is 0 Å². The molecule has 4 heteroatoms. The number of benzene rings is 1. The van der Waals surface area contributed by atoms with Gasteiger partial charge in [-0.3, -0.25) is 0 Å². The second-order valence-corrected chi connectivity index (χ2v) is 6.81. The Morgan fingerprint density at radius 2 is 2.00 bits per heavy atom. The Morgan fingerprint density at radius 1 is 1.29 bits per heavy atom. The fourth-order valence-corrected chi connectivity index (χ4v) is 3.49. The summed E-state index contributed by atoms with van der Waals surface area (Å²) >= 11 is 0. The highest BCUT2D eigenvalue weighted by Gasteiger charge is 2.37. The van der Waals surface area contributed by atoms with E-state index in [1.54, 1.807) is 6.07 Å². The molecule has 2 unspecified atom stereocenters. The minimum atomic E-state index is -4.33. The number of aliphatic hydroxyl groups excluding tert-OH is 1. The van der Waals surface area contributed by atoms with Crippen molar-refractivity contribution in [2.24, 2.45) is 11.3 Å². The zero-order chi connectivity index (χ0) is 15.7. The quantitative estimate of drug-likeness (QED) is 0.848. The van der Waals surface area contributed by atoms with Crippen LogP contribution in [-0.4, -0.2) is 11.2 Å². The highest BCUT2D eigenvalue weighted by Crippen LogP contribution is 2.43. The summed E-state index contributed by atoms with van der Waals surface area (Å²) in [4.78, 5) is 0. The van der Waals surface area contributed by atoms with Crippen molar-refractivity contribution in [3.63, 3.8) is 0 Å². The second kappa shape index (κ2) is 5.99. The van der Waals surface area contributed by atoms with Crippen molar-refractivity contribution in [3.05, 3.63) is 35.4 Å². The van der Waals surface area contributed by atoms with Crippen LogP contribution in [0.15, 0.2) is 24.3 Å². The highest BCUT2D eigenvalue weighted by molar-refractivity contribution is 5.26. The first-order chi connectivity index (χ1) is 9.70. The van der Waals surface area contributed by atoms with Crippen molar-refractivity contribution in [3.8, 4) is 0 Å². The fraction of sp³-hybridized carbons (Fsp3) is 0.647. The molecule has 0 saturated heterocycles. The van der Waals surface area contributed by atoms with Crippen LogP contribution in [0, 0.1) is 11.3 Å². The number of alkyl halides is 3. The van der Waals surface area contributed by atoms with Crippen LogP contribution in [0.25, 0.3) is 0 Å². The van der Waals surface area contributed by atoms with Gasteiger partial charge in [0.05, 0.1) is 11.7 Å². The van der Waals surface area contributed by atoms with Crippen molar-refractivity contribution in [1.82, 2.24) is 0 Å². The van der Waals surface area contributed by atoms with E-state index in [0.29, 0.717) is 5.56 Å². The Morgan fingerprint density at radius 3 is 2.62 bits per heavy atom. The Balaban J connectivity index is 2.10. The molecule has 0 heterocycles. The minimum Gasteiger partial charge on any atom is -0.392 e. The molecule has 0 amide bonds. The number of hydrogen-bond acceptors (Lipinski definition) is 1. The average Bonchev–Trinajstić information content (AvgIpc) is 2.37. The van der Waals surface area contributed by atoms with E-state index < -0.39 is 17.8 Å². The van der Waals surface area contributed by atoms with Gasteiger partial charge in [0.2, 0.25) is 0 Å². The van der Waals surface area contributed by atoms with E-state index in [9.17, 15) is 18.3 Å². The lowest BCUT2D eigenvalue weighted by Gasteiger charge is -2.41. The third-order valence-corrected chi connectivity index (χ3v) is 4.75. The van der Waals surface area contributed by atoms with E-state index in [-0.39, 0.29) is 17.8 Å². The molecule has 118 valence electrons. The second-order valence-electron chi connectivity index (χ2n) is 6.81. The van der Waals surface area contributed by atoms with Crippen LogP contribution in [0.3, 0.4) is 0 Å². The van der Waals surface area contributed by atoms with Gasteiger partial charge >= 0.3 is 6.18 Å². The molecule has 0 radical (unpaired) electrons. The van der Waals surface area contributed by atoms with Gasteiger partial charge in [-0.15, -0.1) is 0 Å². The van der Waals surface area contributed by atoms with Crippen LogP contribution in [0.4, 0.5) is 13.2 Å². The molecule has 1 aliphatic carbocycles. The largest absolute Gasteiger partial charge is 0.416 e. The van der Waals surface area contributed by atoms with E-state index in [2.05, 4.69) is 13.8 Å². The highest BCUT2D eigenvalue weighted by atomic mass is 19.4. The molecule has 1 saturated carbocycles. The lowest BCUT2D eigenvalue weighted by Crippen LogP contribution is -2.37. The van der Waals surface area contributed by atoms with Crippen LogP contribution >= 0.6 is 0 Å². The van der Waals surface area contributed by atoms with E-state index in [1.807, 2.05) is 0 Å². The van der Waals surface area contributed by atoms with Crippen molar-refractivity contribution in [1.29, 1.82) is 0 Å². The van der Waals surface area contributed by atoms with Crippen LogP contribution < -0.4 is 0 Å². The van der Waals surface area contributed by atoms with Gasteiger partial charge < -0.3 is 5.11 Å². The predicted octanol–water partition coefficient (Wildman–Crippen LogP) is 4.83. The monoisotopic (exact) mass is 300 g/mol. The molecule has 0 aromatic heterocycles. The van der Waals surface area contributed by atoms with E-state index in [1.165, 1.54) is 12.5 Å². The summed E-state index contributed by atoms with van der Waals surface area (Å²) in [7, 11) is 0. The summed E-state index contributed by atoms with van der Waals surface area (Å²) in [5.74, 6) is 0.154. The molecule has 1 nitrogen and oxygen atoms in total. The third kappa shape index (κ3) is 4.00. The standard InChI is InChI=1S/C17H23F3O/c1-16(2)9-4-3-8-14(16)15(21)11-12-6-5-7-13(10-12)17(18,19)20/h5-7,10,14-15,21H,3-4,8-9,11H2,1-2H3. The fourth-order valence-electron chi connectivity index (χ4n) is 3.49. The molecule has 1 aromatic carbocycles. The molecule has 1 fully saturated rings. The van der Waals surface area contributed by atoms with Crippen LogP contribution in [-0.2, 0) is 12.6 Å². The molecule has 2 atom stereocenters. The number of aliphatic hydroxyl groups is 1. The molecular weight excluding hydrogens is 277 g/mol. The van der Waals surface area contributed by atoms with Gasteiger partial charge in [-0.05, 0) is 42.2 Å². The van der Waals surface area contributed by atoms with Gasteiger partial charge in [0.25, 0.3) is 0 Å². The van der Waals surface area contributed by atoms with E-state index in [0.717, 1.165) is 31.4 Å². The van der Waals surface area contributed by atoms with Crippen molar-refractivity contribution in [2.75, 3.05) is 0 Å². The minimum absolute atomic E-state index is 0.0549. The molecule has 1 aromatic rings. The summed E-state index contributed by atoms with van der Waals surface area (Å²) < 4.78 is 38.2. The van der Waals surface area contributed by atoms with Crippen molar-refractivity contribution in [2.45, 2.75) is 58.2 Å². The van der Waals surface area contributed by atoms with Crippen LogP contribution in [0.2, 0.25) is 0 Å². The molecule has 1 N–H and O–H groups in total. The maximum Gasteiger partial charge on any atom is 0.416 e. The Labute approximate surface area is 124 Å². The molecule has 0 aliphatic heterocycles. The summed E-state index contributed by atoms with van der Waals surface area (Å²) in [6.07, 6.45) is -0.343. The first-order valence-electron chi connectivity index (χ1n) is 7.54. The smallest absolute Gasteiger partial charge is 0.392 e. The van der Waals surface area contributed by atoms with Crippen molar-refractivity contribution < 1.29 is 18.3 Å². The number of hydrogen-bond donors (Lipinski definition) is 1. The number of rotatable bonds is 3. The third-order valence-electron chi connectivity index (χ3n) is 4.75. The van der Waals surface area contributed by atoms with Gasteiger partial charge in [0.15, 0.2) is 0 Å².